The zero-order chi connectivity index (χ0) is 18.3. The molecule has 1 aromatic rings. The van der Waals surface area contributed by atoms with Crippen molar-refractivity contribution in [3.05, 3.63) is 23.0 Å². The van der Waals surface area contributed by atoms with Crippen molar-refractivity contribution in [3.63, 3.8) is 0 Å². The van der Waals surface area contributed by atoms with E-state index in [0.29, 0.717) is 12.8 Å². The van der Waals surface area contributed by atoms with Crippen LogP contribution < -0.4 is 5.73 Å². The Morgan fingerprint density at radius 2 is 2.08 bits per heavy atom. The molecule has 0 radical (unpaired) electrons. The SMILES string of the molecule is Cc1ncc(COP(=O)(O)O)c(C(N)=NCCCCC(=O)O)c1O. The first-order chi connectivity index (χ1) is 11.1. The summed E-state index contributed by atoms with van der Waals surface area (Å²) in [6.45, 7) is 1.28. The number of aryl methyl sites for hydroxylation is 1. The fourth-order valence-corrected chi connectivity index (χ4v) is 2.16. The number of pyridine rings is 1. The summed E-state index contributed by atoms with van der Waals surface area (Å²) in [5.41, 5.74) is 6.38. The molecule has 0 aliphatic heterocycles. The molecule has 0 atom stereocenters. The molecule has 0 aromatic carbocycles. The molecule has 10 nitrogen and oxygen atoms in total. The second-order valence-electron chi connectivity index (χ2n) is 4.97. The summed E-state index contributed by atoms with van der Waals surface area (Å²) in [5, 5.41) is 18.7. The van der Waals surface area contributed by atoms with E-state index < -0.39 is 20.4 Å². The van der Waals surface area contributed by atoms with Gasteiger partial charge in [0.25, 0.3) is 0 Å². The number of amidine groups is 1. The first-order valence-electron chi connectivity index (χ1n) is 7.01. The quantitative estimate of drug-likeness (QED) is 0.183. The molecule has 0 aliphatic rings. The fraction of sp³-hybridized carbons (Fsp3) is 0.462. The van der Waals surface area contributed by atoms with Crippen molar-refractivity contribution < 1.29 is 33.9 Å². The monoisotopic (exact) mass is 361 g/mol. The molecule has 0 saturated heterocycles. The number of aromatic nitrogens is 1. The number of aromatic hydroxyl groups is 1. The number of hydrogen-bond donors (Lipinski definition) is 5. The van der Waals surface area contributed by atoms with Crippen molar-refractivity contribution in [1.29, 1.82) is 0 Å². The van der Waals surface area contributed by atoms with Gasteiger partial charge in [0.15, 0.2) is 0 Å². The zero-order valence-corrected chi connectivity index (χ0v) is 13.9. The number of aliphatic imine (C=N–C) groups is 1. The summed E-state index contributed by atoms with van der Waals surface area (Å²) >= 11 is 0. The lowest BCUT2D eigenvalue weighted by Crippen LogP contribution is -2.18. The summed E-state index contributed by atoms with van der Waals surface area (Å²) < 4.78 is 15.2. The predicted molar refractivity (Wildman–Crippen MR) is 84.6 cm³/mol. The summed E-state index contributed by atoms with van der Waals surface area (Å²) in [7, 11) is -4.69. The lowest BCUT2D eigenvalue weighted by atomic mass is 10.1. The number of nitrogens with zero attached hydrogens (tertiary/aromatic N) is 2. The number of nitrogens with two attached hydrogens (primary N) is 1. The Morgan fingerprint density at radius 1 is 1.42 bits per heavy atom. The number of carbonyl (C=O) groups is 1. The minimum absolute atomic E-state index is 0.0242. The van der Waals surface area contributed by atoms with Crippen molar-refractivity contribution >= 4 is 19.6 Å². The number of rotatable bonds is 9. The number of hydrogen-bond acceptors (Lipinski definition) is 6. The molecule has 0 fully saturated rings. The van der Waals surface area contributed by atoms with Crippen LogP contribution in [-0.2, 0) is 20.5 Å². The molecule has 1 aromatic heterocycles. The van der Waals surface area contributed by atoms with Crippen LogP contribution >= 0.6 is 7.82 Å². The molecule has 0 unspecified atom stereocenters. The normalized spacial score (nSPS) is 12.4. The molecule has 6 N–H and O–H groups in total. The number of phosphoric acid groups is 1. The van der Waals surface area contributed by atoms with Gasteiger partial charge in [-0.25, -0.2) is 4.57 Å². The Kier molecular flexibility index (Phi) is 7.30. The van der Waals surface area contributed by atoms with Crippen molar-refractivity contribution in [3.8, 4) is 5.75 Å². The molecule has 11 heteroatoms. The van der Waals surface area contributed by atoms with Gasteiger partial charge in [0.05, 0.1) is 17.9 Å². The van der Waals surface area contributed by atoms with E-state index in [1.807, 2.05) is 0 Å². The average Bonchev–Trinajstić information content (AvgIpc) is 2.46. The van der Waals surface area contributed by atoms with Crippen LogP contribution in [0.15, 0.2) is 11.2 Å². The largest absolute Gasteiger partial charge is 0.505 e. The number of unbranched alkanes of at least 4 members (excludes halogenated alkanes) is 1. The van der Waals surface area contributed by atoms with Crippen LogP contribution in [0, 0.1) is 6.92 Å². The Hall–Kier alpha value is -2.00. The number of aliphatic carboxylic acids is 1. The summed E-state index contributed by atoms with van der Waals surface area (Å²) in [5.74, 6) is -1.20. The standard InChI is InChI=1S/C13H20N3O7P/c1-8-12(19)11(9(6-16-8)7-23-24(20,21)22)13(14)15-5-3-2-4-10(17)18/h6,19H,2-5,7H2,1H3,(H2,14,15)(H,17,18)(H2,20,21,22). The first-order valence-corrected chi connectivity index (χ1v) is 8.54. The maximum absolute atomic E-state index is 10.8. The Labute approximate surface area is 138 Å². The molecule has 0 aliphatic carbocycles. The van der Waals surface area contributed by atoms with Gasteiger partial charge in [-0.05, 0) is 19.8 Å². The van der Waals surface area contributed by atoms with Gasteiger partial charge in [-0.2, -0.15) is 0 Å². The van der Waals surface area contributed by atoms with Gasteiger partial charge in [0.2, 0.25) is 0 Å². The molecule has 0 bridgehead atoms. The molecule has 0 amide bonds. The van der Waals surface area contributed by atoms with Crippen molar-refractivity contribution in [2.45, 2.75) is 32.8 Å². The molecular weight excluding hydrogens is 341 g/mol. The Bertz CT molecular complexity index is 672. The minimum atomic E-state index is -4.69. The maximum atomic E-state index is 10.8. The molecule has 0 saturated carbocycles. The fourth-order valence-electron chi connectivity index (χ4n) is 1.85. The first kappa shape index (κ1) is 20.0. The second kappa shape index (κ2) is 8.74. The molecule has 1 rings (SSSR count). The van der Waals surface area contributed by atoms with Crippen molar-refractivity contribution in [2.75, 3.05) is 6.54 Å². The van der Waals surface area contributed by atoms with Gasteiger partial charge >= 0.3 is 13.8 Å². The van der Waals surface area contributed by atoms with E-state index in [9.17, 15) is 14.5 Å². The molecule has 0 spiro atoms. The third-order valence-corrected chi connectivity index (χ3v) is 3.51. The van der Waals surface area contributed by atoms with Crippen LogP contribution in [0.5, 0.6) is 5.75 Å². The summed E-state index contributed by atoms with van der Waals surface area (Å²) in [4.78, 5) is 35.9. The summed E-state index contributed by atoms with van der Waals surface area (Å²) in [6.07, 6.45) is 2.23. The maximum Gasteiger partial charge on any atom is 0.469 e. The van der Waals surface area contributed by atoms with Crippen LogP contribution in [0.3, 0.4) is 0 Å². The highest BCUT2D eigenvalue weighted by Crippen LogP contribution is 2.38. The van der Waals surface area contributed by atoms with Gasteiger partial charge in [0.1, 0.15) is 11.6 Å². The molecule has 24 heavy (non-hydrogen) atoms. The average molecular weight is 361 g/mol. The highest BCUT2D eigenvalue weighted by Gasteiger charge is 2.19. The topological polar surface area (TPSA) is 176 Å². The van der Waals surface area contributed by atoms with E-state index in [1.54, 1.807) is 0 Å². The van der Waals surface area contributed by atoms with Crippen molar-refractivity contribution in [1.82, 2.24) is 4.98 Å². The minimum Gasteiger partial charge on any atom is -0.505 e. The van der Waals surface area contributed by atoms with E-state index in [0.717, 1.165) is 0 Å². The predicted octanol–water partition coefficient (Wildman–Crippen LogP) is 0.665. The third-order valence-electron chi connectivity index (χ3n) is 3.04. The second-order valence-corrected chi connectivity index (χ2v) is 6.21. The van der Waals surface area contributed by atoms with Gasteiger partial charge < -0.3 is 25.7 Å². The van der Waals surface area contributed by atoms with E-state index in [-0.39, 0.29) is 41.4 Å². The number of carboxylic acids is 1. The van der Waals surface area contributed by atoms with Gasteiger partial charge in [-0.1, -0.05) is 0 Å². The van der Waals surface area contributed by atoms with Gasteiger partial charge in [0, 0.05) is 24.7 Å². The van der Waals surface area contributed by atoms with E-state index in [2.05, 4.69) is 14.5 Å². The van der Waals surface area contributed by atoms with Crippen LogP contribution in [0.1, 0.15) is 36.1 Å². The summed E-state index contributed by atoms with van der Waals surface area (Å²) in [6, 6.07) is 0. The highest BCUT2D eigenvalue weighted by molar-refractivity contribution is 7.46. The Morgan fingerprint density at radius 3 is 2.67 bits per heavy atom. The molecule has 1 heterocycles. The third kappa shape index (κ3) is 6.63. The highest BCUT2D eigenvalue weighted by atomic mass is 31.2. The van der Waals surface area contributed by atoms with Crippen LogP contribution in [0.25, 0.3) is 0 Å². The van der Waals surface area contributed by atoms with E-state index in [4.69, 9.17) is 20.6 Å². The van der Waals surface area contributed by atoms with E-state index >= 15 is 0 Å². The van der Waals surface area contributed by atoms with Gasteiger partial charge in [-0.15, -0.1) is 0 Å². The van der Waals surface area contributed by atoms with Crippen LogP contribution in [0.2, 0.25) is 0 Å². The lowest BCUT2D eigenvalue weighted by Gasteiger charge is -2.13. The molecule has 134 valence electrons. The van der Waals surface area contributed by atoms with Crippen LogP contribution in [0.4, 0.5) is 0 Å². The molecular formula is C13H20N3O7P. The number of phosphoric ester groups is 1. The van der Waals surface area contributed by atoms with E-state index in [1.165, 1.54) is 13.1 Å². The lowest BCUT2D eigenvalue weighted by molar-refractivity contribution is -0.137. The Balaban J connectivity index is 2.91. The number of carboxylic acid groups (broad SMARTS) is 1. The smallest absolute Gasteiger partial charge is 0.469 e. The van der Waals surface area contributed by atoms with Gasteiger partial charge in [-0.3, -0.25) is 19.3 Å². The van der Waals surface area contributed by atoms with Crippen molar-refractivity contribution in [2.24, 2.45) is 10.7 Å². The van der Waals surface area contributed by atoms with Crippen LogP contribution in [-0.4, -0.2) is 43.3 Å². The zero-order valence-electron chi connectivity index (χ0n) is 13.0.